The molecule has 0 fully saturated rings. The van der Waals surface area contributed by atoms with Crippen LogP contribution in [0.5, 0.6) is 0 Å². The highest BCUT2D eigenvalue weighted by molar-refractivity contribution is 7.15. The lowest BCUT2D eigenvalue weighted by molar-refractivity contribution is 0.161. The number of ether oxygens (including phenoxy) is 1. The van der Waals surface area contributed by atoms with Gasteiger partial charge in [0.25, 0.3) is 0 Å². The number of methoxy groups -OCH3 is 1. The minimum atomic E-state index is 0.421. The van der Waals surface area contributed by atoms with Gasteiger partial charge in [-0.3, -0.25) is 4.40 Å². The van der Waals surface area contributed by atoms with Crippen LogP contribution in [0.15, 0.2) is 17.8 Å². The van der Waals surface area contributed by atoms with E-state index in [1.807, 2.05) is 11.6 Å². The van der Waals surface area contributed by atoms with Crippen molar-refractivity contribution in [1.82, 2.24) is 14.7 Å². The Balaban J connectivity index is 1.89. The number of nitrogens with one attached hydrogen (secondary N) is 1. The van der Waals surface area contributed by atoms with E-state index in [-0.39, 0.29) is 0 Å². The van der Waals surface area contributed by atoms with E-state index >= 15 is 0 Å². The number of thiazole rings is 1. The first-order valence-corrected chi connectivity index (χ1v) is 6.85. The molecule has 1 unspecified atom stereocenters. The van der Waals surface area contributed by atoms with Crippen molar-refractivity contribution in [3.05, 3.63) is 23.5 Å². The average molecular weight is 253 g/mol. The lowest BCUT2D eigenvalue weighted by Crippen LogP contribution is -2.32. The summed E-state index contributed by atoms with van der Waals surface area (Å²) in [5.41, 5.74) is 1.09. The Labute approximate surface area is 106 Å². The van der Waals surface area contributed by atoms with Gasteiger partial charge in [0.2, 0.25) is 0 Å². The lowest BCUT2D eigenvalue weighted by Gasteiger charge is -2.16. The van der Waals surface area contributed by atoms with Crippen LogP contribution in [-0.2, 0) is 11.3 Å². The van der Waals surface area contributed by atoms with E-state index in [0.29, 0.717) is 6.04 Å². The van der Waals surface area contributed by atoms with Crippen LogP contribution in [0, 0.1) is 0 Å². The number of nitrogens with zero attached hydrogens (tertiary/aromatic N) is 2. The molecule has 0 amide bonds. The van der Waals surface area contributed by atoms with Crippen LogP contribution in [-0.4, -0.2) is 29.1 Å². The number of fused-ring (bicyclic) bond motifs is 1. The van der Waals surface area contributed by atoms with Crippen molar-refractivity contribution in [2.45, 2.75) is 32.4 Å². The lowest BCUT2D eigenvalue weighted by atomic mass is 10.2. The van der Waals surface area contributed by atoms with Crippen LogP contribution in [0.4, 0.5) is 0 Å². The molecule has 0 spiro atoms. The third kappa shape index (κ3) is 3.28. The quantitative estimate of drug-likeness (QED) is 0.823. The minimum absolute atomic E-state index is 0.421. The van der Waals surface area contributed by atoms with E-state index in [0.717, 1.165) is 30.2 Å². The van der Waals surface area contributed by atoms with Gasteiger partial charge in [-0.05, 0) is 6.42 Å². The minimum Gasteiger partial charge on any atom is -0.383 e. The highest BCUT2D eigenvalue weighted by Crippen LogP contribution is 2.11. The standard InChI is InChI=1S/C12H19N3OS/c1-3-4-10(9-16-2)13-7-11-8-15-5-6-17-12(15)14-11/h5-6,8,10,13H,3-4,7,9H2,1-2H3. The molecule has 94 valence electrons. The van der Waals surface area contributed by atoms with E-state index < -0.39 is 0 Å². The molecule has 0 saturated carbocycles. The van der Waals surface area contributed by atoms with Crippen molar-refractivity contribution in [2.24, 2.45) is 0 Å². The summed E-state index contributed by atoms with van der Waals surface area (Å²) in [4.78, 5) is 5.60. The molecule has 0 aliphatic rings. The van der Waals surface area contributed by atoms with Gasteiger partial charge in [0.05, 0.1) is 12.3 Å². The fraction of sp³-hybridized carbons (Fsp3) is 0.583. The molecule has 2 aromatic rings. The molecule has 2 heterocycles. The van der Waals surface area contributed by atoms with E-state index in [1.165, 1.54) is 6.42 Å². The maximum atomic E-state index is 5.20. The van der Waals surface area contributed by atoms with E-state index in [1.54, 1.807) is 18.4 Å². The second-order valence-corrected chi connectivity index (χ2v) is 5.02. The molecule has 0 saturated heterocycles. The second-order valence-electron chi connectivity index (χ2n) is 4.15. The van der Waals surface area contributed by atoms with Crippen LogP contribution < -0.4 is 5.32 Å². The Kier molecular flexibility index (Phi) is 4.53. The zero-order valence-corrected chi connectivity index (χ0v) is 11.2. The van der Waals surface area contributed by atoms with Gasteiger partial charge in [0, 0.05) is 37.5 Å². The van der Waals surface area contributed by atoms with Crippen molar-refractivity contribution in [2.75, 3.05) is 13.7 Å². The molecule has 0 aliphatic heterocycles. The van der Waals surface area contributed by atoms with Gasteiger partial charge in [-0.15, -0.1) is 11.3 Å². The van der Waals surface area contributed by atoms with E-state index in [4.69, 9.17) is 4.74 Å². The summed E-state index contributed by atoms with van der Waals surface area (Å²) < 4.78 is 7.27. The SMILES string of the molecule is CCCC(COC)NCc1cn2ccsc2n1. The van der Waals surface area contributed by atoms with Gasteiger partial charge in [0.15, 0.2) is 4.96 Å². The molecule has 1 atom stereocenters. The molecule has 17 heavy (non-hydrogen) atoms. The summed E-state index contributed by atoms with van der Waals surface area (Å²) in [5.74, 6) is 0. The molecule has 0 bridgehead atoms. The second kappa shape index (κ2) is 6.14. The Morgan fingerprint density at radius 1 is 1.59 bits per heavy atom. The Morgan fingerprint density at radius 2 is 2.47 bits per heavy atom. The third-order valence-corrected chi connectivity index (χ3v) is 3.49. The van der Waals surface area contributed by atoms with Gasteiger partial charge in [-0.1, -0.05) is 13.3 Å². The highest BCUT2D eigenvalue weighted by Gasteiger charge is 2.08. The average Bonchev–Trinajstić information content (AvgIpc) is 2.86. The molecule has 4 nitrogen and oxygen atoms in total. The fourth-order valence-electron chi connectivity index (χ4n) is 1.90. The number of imidazole rings is 1. The monoisotopic (exact) mass is 253 g/mol. The van der Waals surface area contributed by atoms with E-state index in [2.05, 4.69) is 27.8 Å². The smallest absolute Gasteiger partial charge is 0.193 e. The summed E-state index contributed by atoms with van der Waals surface area (Å²) in [6.45, 7) is 3.76. The van der Waals surface area contributed by atoms with E-state index in [9.17, 15) is 0 Å². The molecule has 1 N–H and O–H groups in total. The molecule has 0 aromatic carbocycles. The summed E-state index contributed by atoms with van der Waals surface area (Å²) in [7, 11) is 1.75. The fourth-order valence-corrected chi connectivity index (χ4v) is 2.62. The first-order valence-electron chi connectivity index (χ1n) is 5.97. The number of hydrogen-bond donors (Lipinski definition) is 1. The highest BCUT2D eigenvalue weighted by atomic mass is 32.1. The molecule has 2 rings (SSSR count). The Hall–Kier alpha value is -0.910. The molecular weight excluding hydrogens is 234 g/mol. The predicted molar refractivity (Wildman–Crippen MR) is 70.5 cm³/mol. The number of hydrogen-bond acceptors (Lipinski definition) is 4. The van der Waals surface area contributed by atoms with Gasteiger partial charge in [-0.2, -0.15) is 0 Å². The summed E-state index contributed by atoms with van der Waals surface area (Å²) in [6, 6.07) is 0.421. The zero-order valence-electron chi connectivity index (χ0n) is 10.3. The largest absolute Gasteiger partial charge is 0.383 e. The van der Waals surface area contributed by atoms with Crippen LogP contribution in [0.3, 0.4) is 0 Å². The van der Waals surface area contributed by atoms with Crippen LogP contribution in [0.1, 0.15) is 25.5 Å². The predicted octanol–water partition coefficient (Wildman–Crippen LogP) is 2.30. The normalized spacial score (nSPS) is 13.3. The van der Waals surface area contributed by atoms with Crippen molar-refractivity contribution in [3.63, 3.8) is 0 Å². The number of aromatic nitrogens is 2. The van der Waals surface area contributed by atoms with Crippen molar-refractivity contribution in [1.29, 1.82) is 0 Å². The maximum Gasteiger partial charge on any atom is 0.193 e. The van der Waals surface area contributed by atoms with Crippen LogP contribution >= 0.6 is 11.3 Å². The van der Waals surface area contributed by atoms with Gasteiger partial charge < -0.3 is 10.1 Å². The van der Waals surface area contributed by atoms with Crippen molar-refractivity contribution < 1.29 is 4.74 Å². The molecule has 0 aliphatic carbocycles. The first kappa shape index (κ1) is 12.5. The summed E-state index contributed by atoms with van der Waals surface area (Å²) >= 11 is 1.66. The third-order valence-electron chi connectivity index (χ3n) is 2.72. The molecular formula is C12H19N3OS. The summed E-state index contributed by atoms with van der Waals surface area (Å²) in [5, 5.41) is 5.54. The first-order chi connectivity index (χ1) is 8.33. The Morgan fingerprint density at radius 3 is 3.18 bits per heavy atom. The number of rotatable bonds is 7. The molecule has 2 aromatic heterocycles. The van der Waals surface area contributed by atoms with Gasteiger partial charge in [0.1, 0.15) is 0 Å². The maximum absolute atomic E-state index is 5.20. The van der Waals surface area contributed by atoms with Crippen LogP contribution in [0.25, 0.3) is 4.96 Å². The van der Waals surface area contributed by atoms with Crippen molar-refractivity contribution >= 4 is 16.3 Å². The Bertz CT molecular complexity index is 417. The topological polar surface area (TPSA) is 38.6 Å². The van der Waals surface area contributed by atoms with Gasteiger partial charge in [-0.25, -0.2) is 4.98 Å². The van der Waals surface area contributed by atoms with Gasteiger partial charge >= 0.3 is 0 Å². The van der Waals surface area contributed by atoms with Crippen molar-refractivity contribution in [3.8, 4) is 0 Å². The summed E-state index contributed by atoms with van der Waals surface area (Å²) in [6.07, 6.45) is 6.42. The molecule has 0 radical (unpaired) electrons. The van der Waals surface area contributed by atoms with Crippen LogP contribution in [0.2, 0.25) is 0 Å². The molecule has 5 heteroatoms. The zero-order chi connectivity index (χ0) is 12.1.